The lowest BCUT2D eigenvalue weighted by molar-refractivity contribution is 0.198. The maximum Gasteiger partial charge on any atom is 0.0731 e. The van der Waals surface area contributed by atoms with Gasteiger partial charge in [0, 0.05) is 24.1 Å². The normalized spacial score (nSPS) is 19.9. The molecule has 0 radical (unpaired) electrons. The zero-order chi connectivity index (χ0) is 12.3. The predicted octanol–water partition coefficient (Wildman–Crippen LogP) is 2.13. The number of anilines is 1. The SMILES string of the molecule is CCNCc1ccc(N2CCC(O)C2)c(Br)c1. The number of halogens is 1. The first kappa shape index (κ1) is 12.9. The van der Waals surface area contributed by atoms with Crippen LogP contribution in [-0.2, 0) is 6.54 Å². The summed E-state index contributed by atoms with van der Waals surface area (Å²) in [6.07, 6.45) is 0.689. The molecule has 1 saturated heterocycles. The molecule has 3 nitrogen and oxygen atoms in total. The van der Waals surface area contributed by atoms with Gasteiger partial charge in [-0.2, -0.15) is 0 Å². The van der Waals surface area contributed by atoms with Crippen molar-refractivity contribution in [3.05, 3.63) is 28.2 Å². The summed E-state index contributed by atoms with van der Waals surface area (Å²) in [5, 5.41) is 12.9. The minimum absolute atomic E-state index is 0.177. The van der Waals surface area contributed by atoms with Gasteiger partial charge in [-0.05, 0) is 46.6 Å². The van der Waals surface area contributed by atoms with E-state index in [0.29, 0.717) is 0 Å². The Morgan fingerprint density at radius 1 is 1.53 bits per heavy atom. The summed E-state index contributed by atoms with van der Waals surface area (Å²) in [7, 11) is 0. The molecule has 0 aliphatic carbocycles. The molecule has 94 valence electrons. The molecule has 1 aromatic carbocycles. The topological polar surface area (TPSA) is 35.5 Å². The van der Waals surface area contributed by atoms with Crippen LogP contribution >= 0.6 is 15.9 Å². The smallest absolute Gasteiger partial charge is 0.0731 e. The maximum absolute atomic E-state index is 9.56. The first-order valence-electron chi connectivity index (χ1n) is 6.13. The van der Waals surface area contributed by atoms with Crippen LogP contribution < -0.4 is 10.2 Å². The molecule has 4 heteroatoms. The van der Waals surface area contributed by atoms with Gasteiger partial charge in [0.25, 0.3) is 0 Å². The zero-order valence-corrected chi connectivity index (χ0v) is 11.7. The second-order valence-corrected chi connectivity index (χ2v) is 5.31. The second kappa shape index (κ2) is 5.85. The van der Waals surface area contributed by atoms with Crippen molar-refractivity contribution in [3.63, 3.8) is 0 Å². The third kappa shape index (κ3) is 3.21. The van der Waals surface area contributed by atoms with Crippen molar-refractivity contribution in [2.45, 2.75) is 26.0 Å². The van der Waals surface area contributed by atoms with Gasteiger partial charge in [0.15, 0.2) is 0 Å². The van der Waals surface area contributed by atoms with Crippen LogP contribution in [0.3, 0.4) is 0 Å². The van der Waals surface area contributed by atoms with Gasteiger partial charge in [0.2, 0.25) is 0 Å². The average Bonchev–Trinajstić information content (AvgIpc) is 2.73. The Morgan fingerprint density at radius 2 is 2.35 bits per heavy atom. The van der Waals surface area contributed by atoms with E-state index in [1.807, 2.05) is 0 Å². The highest BCUT2D eigenvalue weighted by molar-refractivity contribution is 9.10. The third-order valence-corrected chi connectivity index (χ3v) is 3.73. The molecule has 0 aromatic heterocycles. The summed E-state index contributed by atoms with van der Waals surface area (Å²) in [4.78, 5) is 2.23. The number of rotatable bonds is 4. The van der Waals surface area contributed by atoms with Gasteiger partial charge in [-0.1, -0.05) is 13.0 Å². The number of benzene rings is 1. The highest BCUT2D eigenvalue weighted by Crippen LogP contribution is 2.30. The lowest BCUT2D eigenvalue weighted by atomic mass is 10.2. The van der Waals surface area contributed by atoms with Crippen LogP contribution in [0.2, 0.25) is 0 Å². The molecule has 0 amide bonds. The Morgan fingerprint density at radius 3 is 2.94 bits per heavy atom. The highest BCUT2D eigenvalue weighted by Gasteiger charge is 2.21. The number of aliphatic hydroxyl groups is 1. The molecule has 1 atom stereocenters. The van der Waals surface area contributed by atoms with Gasteiger partial charge < -0.3 is 15.3 Å². The van der Waals surface area contributed by atoms with Crippen molar-refractivity contribution in [1.82, 2.24) is 5.32 Å². The number of β-amino-alcohol motifs (C(OH)–C–C–N with tert-alkyl or cyclic N) is 1. The average molecular weight is 299 g/mol. The number of hydrogen-bond donors (Lipinski definition) is 2. The minimum atomic E-state index is -0.177. The Balaban J connectivity index is 2.08. The fraction of sp³-hybridized carbons (Fsp3) is 0.538. The zero-order valence-electron chi connectivity index (χ0n) is 10.1. The van der Waals surface area contributed by atoms with Gasteiger partial charge >= 0.3 is 0 Å². The molecule has 17 heavy (non-hydrogen) atoms. The third-order valence-electron chi connectivity index (χ3n) is 3.10. The molecule has 1 heterocycles. The van der Waals surface area contributed by atoms with Crippen LogP contribution in [0.1, 0.15) is 18.9 Å². The van der Waals surface area contributed by atoms with Crippen molar-refractivity contribution in [3.8, 4) is 0 Å². The summed E-state index contributed by atoms with van der Waals surface area (Å²) in [6, 6.07) is 6.44. The largest absolute Gasteiger partial charge is 0.391 e. The molecule has 1 aliphatic rings. The Labute approximate surface area is 111 Å². The Kier molecular flexibility index (Phi) is 4.42. The lowest BCUT2D eigenvalue weighted by Gasteiger charge is -2.20. The monoisotopic (exact) mass is 298 g/mol. The van der Waals surface area contributed by atoms with Gasteiger partial charge in [-0.25, -0.2) is 0 Å². The maximum atomic E-state index is 9.56. The van der Waals surface area contributed by atoms with Crippen LogP contribution in [0.25, 0.3) is 0 Å². The molecule has 0 spiro atoms. The molecule has 2 rings (SSSR count). The molecule has 1 unspecified atom stereocenters. The quantitative estimate of drug-likeness (QED) is 0.894. The van der Waals surface area contributed by atoms with E-state index in [1.165, 1.54) is 11.3 Å². The standard InChI is InChI=1S/C13H19BrN2O/c1-2-15-8-10-3-4-13(12(14)7-10)16-6-5-11(17)9-16/h3-4,7,11,15,17H,2,5-6,8-9H2,1H3. The molecule has 0 saturated carbocycles. The summed E-state index contributed by atoms with van der Waals surface area (Å²) >= 11 is 3.62. The Hall–Kier alpha value is -0.580. The Bertz CT molecular complexity index is 384. The molecule has 0 bridgehead atoms. The number of nitrogens with zero attached hydrogens (tertiary/aromatic N) is 1. The number of nitrogens with one attached hydrogen (secondary N) is 1. The van der Waals surface area contributed by atoms with Crippen molar-refractivity contribution in [2.24, 2.45) is 0 Å². The van der Waals surface area contributed by atoms with Crippen LogP contribution in [-0.4, -0.2) is 30.8 Å². The van der Waals surface area contributed by atoms with E-state index in [0.717, 1.165) is 37.1 Å². The van der Waals surface area contributed by atoms with Gasteiger partial charge in [0.1, 0.15) is 0 Å². The van der Waals surface area contributed by atoms with E-state index in [9.17, 15) is 5.11 Å². The van der Waals surface area contributed by atoms with E-state index >= 15 is 0 Å². The fourth-order valence-corrected chi connectivity index (χ4v) is 2.82. The minimum Gasteiger partial charge on any atom is -0.391 e. The fourth-order valence-electron chi connectivity index (χ4n) is 2.15. The van der Waals surface area contributed by atoms with Crippen molar-refractivity contribution < 1.29 is 5.11 Å². The van der Waals surface area contributed by atoms with E-state index in [-0.39, 0.29) is 6.10 Å². The number of aliphatic hydroxyl groups excluding tert-OH is 1. The summed E-state index contributed by atoms with van der Waals surface area (Å²) in [6.45, 7) is 5.67. The van der Waals surface area contributed by atoms with Gasteiger partial charge in [-0.3, -0.25) is 0 Å². The van der Waals surface area contributed by atoms with Crippen LogP contribution in [0.4, 0.5) is 5.69 Å². The van der Waals surface area contributed by atoms with Crippen molar-refractivity contribution >= 4 is 21.6 Å². The highest BCUT2D eigenvalue weighted by atomic mass is 79.9. The van der Waals surface area contributed by atoms with Crippen LogP contribution in [0, 0.1) is 0 Å². The summed E-state index contributed by atoms with van der Waals surface area (Å²) in [5.41, 5.74) is 2.46. The number of hydrogen-bond acceptors (Lipinski definition) is 3. The molecule has 2 N–H and O–H groups in total. The van der Waals surface area contributed by atoms with Crippen molar-refractivity contribution in [1.29, 1.82) is 0 Å². The van der Waals surface area contributed by atoms with E-state index in [2.05, 4.69) is 51.3 Å². The van der Waals surface area contributed by atoms with Gasteiger partial charge in [-0.15, -0.1) is 0 Å². The summed E-state index contributed by atoms with van der Waals surface area (Å²) in [5.74, 6) is 0. The molecule has 1 fully saturated rings. The second-order valence-electron chi connectivity index (χ2n) is 4.45. The van der Waals surface area contributed by atoms with Crippen LogP contribution in [0.5, 0.6) is 0 Å². The predicted molar refractivity (Wildman–Crippen MR) is 74.4 cm³/mol. The van der Waals surface area contributed by atoms with Crippen molar-refractivity contribution in [2.75, 3.05) is 24.5 Å². The molecule has 1 aromatic rings. The summed E-state index contributed by atoms with van der Waals surface area (Å²) < 4.78 is 1.11. The van der Waals surface area contributed by atoms with E-state index in [1.54, 1.807) is 0 Å². The molecular weight excluding hydrogens is 280 g/mol. The first-order valence-corrected chi connectivity index (χ1v) is 6.92. The van der Waals surface area contributed by atoms with E-state index < -0.39 is 0 Å². The lowest BCUT2D eigenvalue weighted by Crippen LogP contribution is -2.21. The molecule has 1 aliphatic heterocycles. The van der Waals surface area contributed by atoms with E-state index in [4.69, 9.17) is 0 Å². The van der Waals surface area contributed by atoms with Gasteiger partial charge in [0.05, 0.1) is 11.8 Å². The van der Waals surface area contributed by atoms with Crippen LogP contribution in [0.15, 0.2) is 22.7 Å². The first-order chi connectivity index (χ1) is 8.20. The molecular formula is C13H19BrN2O.